The zero-order valence-electron chi connectivity index (χ0n) is 18.1. The summed E-state index contributed by atoms with van der Waals surface area (Å²) < 4.78 is 20.2. The Morgan fingerprint density at radius 3 is 2.47 bits per heavy atom. The molecule has 4 N–H and O–H groups in total. The number of rotatable bonds is 4. The van der Waals surface area contributed by atoms with Crippen LogP contribution in [0.4, 0.5) is 14.9 Å². The predicted octanol–water partition coefficient (Wildman–Crippen LogP) is 0.950. The molecule has 1 aromatic rings. The number of halogens is 1. The quantitative estimate of drug-likeness (QED) is 0.463. The number of likely N-dealkylation sites (tertiary alicyclic amines) is 1. The second-order valence-electron chi connectivity index (χ2n) is 7.92. The van der Waals surface area contributed by atoms with Crippen LogP contribution in [0.25, 0.3) is 0 Å². The normalized spacial score (nSPS) is 17.5. The molecule has 0 atom stereocenters. The number of nitrogens with one attached hydrogen (secondary N) is 2. The number of piperazine rings is 1. The van der Waals surface area contributed by atoms with Gasteiger partial charge in [0.2, 0.25) is 5.91 Å². The maximum absolute atomic E-state index is 15.3. The van der Waals surface area contributed by atoms with Gasteiger partial charge in [-0.3, -0.25) is 20.4 Å². The van der Waals surface area contributed by atoms with Gasteiger partial charge in [-0.05, 0) is 18.9 Å². The SMILES string of the molecule is CC(=O)N1CCC(N2CCN(c3c(C#N)ccc(COC(=O)NC(=N)N)c3F)CC2)CC1. The zero-order chi connectivity index (χ0) is 23.3. The van der Waals surface area contributed by atoms with Crippen molar-refractivity contribution in [2.24, 2.45) is 5.73 Å². The highest BCUT2D eigenvalue weighted by Crippen LogP contribution is 2.29. The molecule has 2 fully saturated rings. The van der Waals surface area contributed by atoms with E-state index in [0.717, 1.165) is 39.0 Å². The standard InChI is InChI=1S/C21H28FN7O3/c1-14(30)27-6-4-17(5-7-27)28-8-10-29(11-9-28)19-15(12-23)2-3-16(18(19)22)13-32-21(31)26-20(24)25/h2-3,17H,4-11,13H2,1H3,(H4,24,25,26,31). The second-order valence-corrected chi connectivity index (χ2v) is 7.92. The van der Waals surface area contributed by atoms with Gasteiger partial charge in [-0.1, -0.05) is 6.07 Å². The molecule has 32 heavy (non-hydrogen) atoms. The molecule has 2 saturated heterocycles. The van der Waals surface area contributed by atoms with Crippen LogP contribution in [-0.4, -0.2) is 73.1 Å². The first-order valence-corrected chi connectivity index (χ1v) is 10.5. The lowest BCUT2D eigenvalue weighted by atomic mass is 10.0. The Morgan fingerprint density at radius 2 is 1.91 bits per heavy atom. The molecule has 2 aliphatic rings. The van der Waals surface area contributed by atoms with Crippen LogP contribution in [0.1, 0.15) is 30.9 Å². The average Bonchev–Trinajstić information content (AvgIpc) is 2.77. The first-order valence-electron chi connectivity index (χ1n) is 10.5. The average molecular weight is 445 g/mol. The number of nitrogens with zero attached hydrogens (tertiary/aromatic N) is 4. The minimum absolute atomic E-state index is 0.107. The molecule has 2 aliphatic heterocycles. The zero-order valence-corrected chi connectivity index (χ0v) is 18.1. The topological polar surface area (TPSA) is 139 Å². The third-order valence-corrected chi connectivity index (χ3v) is 5.97. The van der Waals surface area contributed by atoms with Crippen molar-refractivity contribution in [1.82, 2.24) is 15.1 Å². The van der Waals surface area contributed by atoms with E-state index in [1.54, 1.807) is 6.92 Å². The molecule has 2 heterocycles. The number of alkyl carbamates (subject to hydrolysis) is 1. The highest BCUT2D eigenvalue weighted by molar-refractivity contribution is 5.90. The highest BCUT2D eigenvalue weighted by atomic mass is 19.1. The van der Waals surface area contributed by atoms with Crippen LogP contribution in [0.15, 0.2) is 12.1 Å². The Labute approximate surface area is 186 Å². The first-order chi connectivity index (χ1) is 15.3. The summed E-state index contributed by atoms with van der Waals surface area (Å²) in [6.07, 6.45) is 0.895. The van der Waals surface area contributed by atoms with E-state index >= 15 is 4.39 Å². The molecule has 0 saturated carbocycles. The van der Waals surface area contributed by atoms with Gasteiger partial charge in [0, 0.05) is 57.8 Å². The van der Waals surface area contributed by atoms with Gasteiger partial charge < -0.3 is 20.3 Å². The maximum Gasteiger partial charge on any atom is 0.414 e. The van der Waals surface area contributed by atoms with Crippen molar-refractivity contribution in [2.75, 3.05) is 44.2 Å². The molecule has 0 unspecified atom stereocenters. The molecule has 172 valence electrons. The summed E-state index contributed by atoms with van der Waals surface area (Å²) in [5.41, 5.74) is 5.65. The summed E-state index contributed by atoms with van der Waals surface area (Å²) in [4.78, 5) is 29.1. The number of hydrogen-bond donors (Lipinski definition) is 3. The summed E-state index contributed by atoms with van der Waals surface area (Å²) in [5, 5.41) is 18.5. The summed E-state index contributed by atoms with van der Waals surface area (Å²) in [5.74, 6) is -1.06. The lowest BCUT2D eigenvalue weighted by Gasteiger charge is -2.43. The van der Waals surface area contributed by atoms with Crippen molar-refractivity contribution in [3.8, 4) is 6.07 Å². The Balaban J connectivity index is 1.64. The Hall–Kier alpha value is -3.39. The molecule has 0 aliphatic carbocycles. The fourth-order valence-electron chi connectivity index (χ4n) is 4.26. The van der Waals surface area contributed by atoms with Crippen LogP contribution in [0.3, 0.4) is 0 Å². The minimum atomic E-state index is -0.952. The van der Waals surface area contributed by atoms with Crippen molar-refractivity contribution in [2.45, 2.75) is 32.4 Å². The van der Waals surface area contributed by atoms with Crippen molar-refractivity contribution < 1.29 is 18.7 Å². The van der Waals surface area contributed by atoms with Crippen LogP contribution in [-0.2, 0) is 16.1 Å². The number of anilines is 1. The number of carbonyl (C=O) groups excluding carboxylic acids is 2. The van der Waals surface area contributed by atoms with E-state index in [9.17, 15) is 14.9 Å². The first kappa shape index (κ1) is 23.3. The van der Waals surface area contributed by atoms with Gasteiger partial charge in [0.05, 0.1) is 11.3 Å². The van der Waals surface area contributed by atoms with Crippen LogP contribution in [0.5, 0.6) is 0 Å². The number of guanidine groups is 1. The lowest BCUT2D eigenvalue weighted by molar-refractivity contribution is -0.130. The molecular formula is C21H28FN7O3. The van der Waals surface area contributed by atoms with E-state index in [4.69, 9.17) is 15.9 Å². The molecule has 0 bridgehead atoms. The fourth-order valence-corrected chi connectivity index (χ4v) is 4.26. The molecular weight excluding hydrogens is 417 g/mol. The van der Waals surface area contributed by atoms with E-state index < -0.39 is 17.9 Å². The van der Waals surface area contributed by atoms with Crippen molar-refractivity contribution in [1.29, 1.82) is 10.7 Å². The number of nitrogens with two attached hydrogens (primary N) is 1. The Bertz CT molecular complexity index is 917. The molecule has 11 heteroatoms. The number of amides is 2. The summed E-state index contributed by atoms with van der Waals surface area (Å²) >= 11 is 0. The molecule has 1 aromatic carbocycles. The van der Waals surface area contributed by atoms with Crippen LogP contribution in [0, 0.1) is 22.6 Å². The molecule has 0 spiro atoms. The Kier molecular flexibility index (Phi) is 7.48. The third kappa shape index (κ3) is 5.45. The smallest absolute Gasteiger partial charge is 0.414 e. The number of piperidine rings is 1. The monoisotopic (exact) mass is 445 g/mol. The molecule has 2 amide bonds. The number of benzene rings is 1. The molecule has 3 rings (SSSR count). The number of carbonyl (C=O) groups is 2. The second kappa shape index (κ2) is 10.3. The molecule has 0 radical (unpaired) electrons. The van der Waals surface area contributed by atoms with Gasteiger partial charge in [-0.15, -0.1) is 0 Å². The van der Waals surface area contributed by atoms with Crippen molar-refractivity contribution in [3.63, 3.8) is 0 Å². The van der Waals surface area contributed by atoms with E-state index in [2.05, 4.69) is 4.90 Å². The number of ether oxygens (including phenoxy) is 1. The van der Waals surface area contributed by atoms with Gasteiger partial charge in [0.1, 0.15) is 12.7 Å². The predicted molar refractivity (Wildman–Crippen MR) is 115 cm³/mol. The molecule has 0 aromatic heterocycles. The number of nitriles is 1. The minimum Gasteiger partial charge on any atom is -0.444 e. The van der Waals surface area contributed by atoms with Gasteiger partial charge in [0.25, 0.3) is 0 Å². The van der Waals surface area contributed by atoms with Gasteiger partial charge in [-0.25, -0.2) is 9.18 Å². The van der Waals surface area contributed by atoms with Crippen LogP contribution >= 0.6 is 0 Å². The van der Waals surface area contributed by atoms with E-state index in [-0.39, 0.29) is 29.3 Å². The van der Waals surface area contributed by atoms with Gasteiger partial charge in [0.15, 0.2) is 11.8 Å². The van der Waals surface area contributed by atoms with Crippen molar-refractivity contribution >= 4 is 23.6 Å². The number of hydrogen-bond acceptors (Lipinski definition) is 7. The van der Waals surface area contributed by atoms with Gasteiger partial charge in [-0.2, -0.15) is 5.26 Å². The maximum atomic E-state index is 15.3. The van der Waals surface area contributed by atoms with Gasteiger partial charge >= 0.3 is 6.09 Å². The molecule has 10 nitrogen and oxygen atoms in total. The van der Waals surface area contributed by atoms with Crippen LogP contribution in [0.2, 0.25) is 0 Å². The largest absolute Gasteiger partial charge is 0.444 e. The fraction of sp³-hybridized carbons (Fsp3) is 0.524. The third-order valence-electron chi connectivity index (χ3n) is 5.97. The highest BCUT2D eigenvalue weighted by Gasteiger charge is 2.30. The van der Waals surface area contributed by atoms with E-state index in [1.165, 1.54) is 12.1 Å². The van der Waals surface area contributed by atoms with Crippen molar-refractivity contribution in [3.05, 3.63) is 29.1 Å². The van der Waals surface area contributed by atoms with Crippen LogP contribution < -0.4 is 16.0 Å². The lowest BCUT2D eigenvalue weighted by Crippen LogP contribution is -2.54. The van der Waals surface area contributed by atoms with E-state index in [1.807, 2.05) is 21.2 Å². The summed E-state index contributed by atoms with van der Waals surface area (Å²) in [7, 11) is 0. The van der Waals surface area contributed by atoms with E-state index in [0.29, 0.717) is 19.1 Å². The summed E-state index contributed by atoms with van der Waals surface area (Å²) in [6.45, 7) is 5.35. The Morgan fingerprint density at radius 1 is 1.25 bits per heavy atom. The summed E-state index contributed by atoms with van der Waals surface area (Å²) in [6, 6.07) is 5.37.